The summed E-state index contributed by atoms with van der Waals surface area (Å²) in [6.45, 7) is 13.3. The van der Waals surface area contributed by atoms with Crippen molar-refractivity contribution < 1.29 is 19.4 Å². The summed E-state index contributed by atoms with van der Waals surface area (Å²) in [4.78, 5) is 43.4. The van der Waals surface area contributed by atoms with Gasteiger partial charge in [0.1, 0.15) is 17.3 Å². The number of amides is 1. The Morgan fingerprint density at radius 1 is 0.948 bits per heavy atom. The number of benzene rings is 3. The Balaban J connectivity index is 1.35. The van der Waals surface area contributed by atoms with Crippen LogP contribution in [0, 0.1) is 27.7 Å². The summed E-state index contributed by atoms with van der Waals surface area (Å²) in [6.07, 6.45) is 3.11. The molecular weight excluding hydrogens is 773 g/mol. The van der Waals surface area contributed by atoms with Crippen LogP contribution in [0.25, 0.3) is 32.9 Å². The Labute approximate surface area is 349 Å². The normalized spacial score (nSPS) is 14.4. The van der Waals surface area contributed by atoms with Crippen LogP contribution in [0.4, 0.5) is 5.69 Å². The van der Waals surface area contributed by atoms with E-state index in [0.717, 1.165) is 85.3 Å². The van der Waals surface area contributed by atoms with Crippen LogP contribution in [0.5, 0.6) is 5.75 Å². The molecule has 0 fully saturated rings. The molecule has 1 atom stereocenters. The summed E-state index contributed by atoms with van der Waals surface area (Å²) in [6, 6.07) is 12.7. The number of nitrogens with zero attached hydrogens (tertiary/aromatic N) is 7. The molecule has 1 aliphatic heterocycles. The molecule has 0 radical (unpaired) electrons. The van der Waals surface area contributed by atoms with E-state index in [4.69, 9.17) is 37.9 Å². The first-order valence-electron chi connectivity index (χ1n) is 19.6. The molecule has 1 aliphatic rings. The van der Waals surface area contributed by atoms with Gasteiger partial charge in [0, 0.05) is 82.7 Å². The Morgan fingerprint density at radius 2 is 1.64 bits per heavy atom. The third-order valence-corrected chi connectivity index (χ3v) is 12.1. The van der Waals surface area contributed by atoms with E-state index in [1.54, 1.807) is 23.1 Å². The summed E-state index contributed by atoms with van der Waals surface area (Å²) in [7, 11) is 8.11. The van der Waals surface area contributed by atoms with Gasteiger partial charge in [-0.15, -0.1) is 0 Å². The molecule has 0 saturated heterocycles. The van der Waals surface area contributed by atoms with Crippen molar-refractivity contribution in [1.82, 2.24) is 28.9 Å². The molecule has 1 N–H and O–H groups in total. The number of carbonyl (C=O) groups excluding carboxylic acids is 1. The monoisotopic (exact) mass is 823 g/mol. The largest absolute Gasteiger partial charge is 0.494 e. The van der Waals surface area contributed by atoms with Crippen molar-refractivity contribution in [2.75, 3.05) is 52.3 Å². The molecule has 0 unspecified atom stereocenters. The number of rotatable bonds is 13. The number of anilines is 1. The molecule has 11 nitrogen and oxygen atoms in total. The van der Waals surface area contributed by atoms with Gasteiger partial charge in [0.05, 0.1) is 34.9 Å². The molecule has 13 heteroatoms. The Bertz CT molecular complexity index is 2550. The van der Waals surface area contributed by atoms with Crippen LogP contribution in [0.2, 0.25) is 10.0 Å². The Morgan fingerprint density at radius 3 is 2.29 bits per heavy atom. The number of hydrogen-bond donors (Lipinski definition) is 1. The Hall–Kier alpha value is -4.94. The average Bonchev–Trinajstić information content (AvgIpc) is 3.67. The van der Waals surface area contributed by atoms with Crippen LogP contribution in [-0.4, -0.2) is 93.3 Å². The summed E-state index contributed by atoms with van der Waals surface area (Å²) >= 11 is 13.7. The highest BCUT2D eigenvalue weighted by atomic mass is 35.5. The topological polar surface area (TPSA) is 109 Å². The van der Waals surface area contributed by atoms with Gasteiger partial charge in [-0.1, -0.05) is 29.3 Å². The minimum atomic E-state index is -1.02. The van der Waals surface area contributed by atoms with E-state index in [1.807, 2.05) is 69.8 Å². The highest BCUT2D eigenvalue weighted by molar-refractivity contribution is 6.35. The summed E-state index contributed by atoms with van der Waals surface area (Å²) < 4.78 is 10.3. The molecule has 6 aromatic rings. The maximum atomic E-state index is 15.2. The molecule has 1 amide bonds. The molecular formula is C45H51Cl2N7O4. The molecule has 58 heavy (non-hydrogen) atoms. The molecule has 3 aromatic carbocycles. The predicted octanol–water partition coefficient (Wildman–Crippen LogP) is 9.06. The zero-order valence-corrected chi connectivity index (χ0v) is 36.2. The van der Waals surface area contributed by atoms with Crippen LogP contribution >= 0.6 is 23.2 Å². The SMILES string of the molecule is Cc1cc(OCCCc2c3n(c4c(-c5c(C)nc(CN(C)CCN(C)C)nc5C)c(Cl)ccc24)[C@H](C)CN(c2cn(C)c4ccc(C(=O)O)cc24)C3=O)cc(C)c1Cl. The van der Waals surface area contributed by atoms with E-state index in [2.05, 4.69) is 42.4 Å². The number of carbonyl (C=O) groups is 2. The number of carboxylic acids is 1. The molecule has 3 aromatic heterocycles. The van der Waals surface area contributed by atoms with Gasteiger partial charge < -0.3 is 28.8 Å². The van der Waals surface area contributed by atoms with Crippen LogP contribution in [0.15, 0.2) is 48.7 Å². The fraction of sp³-hybridized carbons (Fsp3) is 0.378. The first-order valence-corrected chi connectivity index (χ1v) is 20.4. The molecule has 0 saturated carbocycles. The fourth-order valence-electron chi connectivity index (χ4n) is 8.43. The number of ether oxygens (including phenoxy) is 1. The van der Waals surface area contributed by atoms with E-state index in [-0.39, 0.29) is 17.5 Å². The number of aromatic nitrogens is 4. The van der Waals surface area contributed by atoms with Gasteiger partial charge in [0.15, 0.2) is 0 Å². The van der Waals surface area contributed by atoms with E-state index in [1.165, 1.54) is 0 Å². The fourth-order valence-corrected chi connectivity index (χ4v) is 8.79. The maximum absolute atomic E-state index is 15.2. The number of hydrogen-bond acceptors (Lipinski definition) is 7. The van der Waals surface area contributed by atoms with Crippen molar-refractivity contribution in [3.63, 3.8) is 0 Å². The van der Waals surface area contributed by atoms with Gasteiger partial charge in [0.25, 0.3) is 5.91 Å². The minimum Gasteiger partial charge on any atom is -0.494 e. The maximum Gasteiger partial charge on any atom is 0.335 e. The van der Waals surface area contributed by atoms with E-state index >= 15 is 4.79 Å². The number of aromatic carboxylic acids is 1. The highest BCUT2D eigenvalue weighted by Crippen LogP contribution is 2.45. The van der Waals surface area contributed by atoms with Crippen molar-refractivity contribution in [3.05, 3.63) is 104 Å². The average molecular weight is 825 g/mol. The molecule has 7 rings (SSSR count). The number of carboxylic acid groups (broad SMARTS) is 1. The second kappa shape index (κ2) is 16.4. The van der Waals surface area contributed by atoms with E-state index in [0.29, 0.717) is 54.3 Å². The van der Waals surface area contributed by atoms with Crippen molar-refractivity contribution in [3.8, 4) is 16.9 Å². The zero-order valence-electron chi connectivity index (χ0n) is 34.7. The third-order valence-electron chi connectivity index (χ3n) is 11.2. The number of fused-ring (bicyclic) bond motifs is 4. The molecule has 0 spiro atoms. The summed E-state index contributed by atoms with van der Waals surface area (Å²) in [5.74, 6) is 0.313. The first kappa shape index (κ1) is 41.2. The first-order chi connectivity index (χ1) is 27.5. The number of halogens is 2. The van der Waals surface area contributed by atoms with Crippen molar-refractivity contribution in [2.24, 2.45) is 7.05 Å². The van der Waals surface area contributed by atoms with Gasteiger partial charge in [-0.2, -0.15) is 0 Å². The van der Waals surface area contributed by atoms with Crippen LogP contribution in [0.1, 0.15) is 74.1 Å². The quantitative estimate of drug-likeness (QED) is 0.115. The predicted molar refractivity (Wildman–Crippen MR) is 233 cm³/mol. The Kier molecular flexibility index (Phi) is 11.6. The number of likely N-dealkylation sites (N-methyl/N-ethyl adjacent to an activating group) is 2. The lowest BCUT2D eigenvalue weighted by atomic mass is 9.97. The smallest absolute Gasteiger partial charge is 0.335 e. The van der Waals surface area contributed by atoms with Gasteiger partial charge >= 0.3 is 5.97 Å². The van der Waals surface area contributed by atoms with Crippen molar-refractivity contribution in [2.45, 2.75) is 60.0 Å². The summed E-state index contributed by atoms with van der Waals surface area (Å²) in [5, 5.41) is 12.8. The third kappa shape index (κ3) is 7.68. The molecule has 0 aliphatic carbocycles. The van der Waals surface area contributed by atoms with Gasteiger partial charge in [-0.3, -0.25) is 9.69 Å². The van der Waals surface area contributed by atoms with E-state index in [9.17, 15) is 9.90 Å². The van der Waals surface area contributed by atoms with Gasteiger partial charge in [0.2, 0.25) is 0 Å². The standard InChI is InChI=1S/C45H51Cl2N7O4/c1-25-19-31(20-26(2)41(25)47)58-18-10-11-32-33-13-14-35(46)40(39-28(4)48-38(49-29(39)5)24-51(8)17-16-50(6)7)42(33)54-27(3)22-53(44(55)43(32)54)37-23-52(9)36-15-12-30(45(56)57)21-34(36)37/h12-15,19-21,23,27H,10-11,16-18,22,24H2,1-9H3,(H,56,57)/t27-/m1/s1. The van der Waals surface area contributed by atoms with E-state index < -0.39 is 5.97 Å². The second-order valence-electron chi connectivity index (χ2n) is 16.0. The molecule has 0 bridgehead atoms. The van der Waals surface area contributed by atoms with Gasteiger partial charge in [-0.05, 0) is 122 Å². The number of aryl methyl sites for hydroxylation is 6. The molecule has 304 valence electrons. The molecule has 4 heterocycles. The van der Waals surface area contributed by atoms with Crippen LogP contribution in [-0.2, 0) is 20.0 Å². The zero-order chi connectivity index (χ0) is 41.7. The summed E-state index contributed by atoms with van der Waals surface area (Å²) in [5.41, 5.74) is 9.24. The van der Waals surface area contributed by atoms with Crippen molar-refractivity contribution >= 4 is 62.6 Å². The van der Waals surface area contributed by atoms with Gasteiger partial charge in [-0.25, -0.2) is 14.8 Å². The lowest BCUT2D eigenvalue weighted by Crippen LogP contribution is -2.42. The lowest BCUT2D eigenvalue weighted by molar-refractivity contribution is 0.0696. The second-order valence-corrected chi connectivity index (χ2v) is 16.8. The highest BCUT2D eigenvalue weighted by Gasteiger charge is 2.37. The van der Waals surface area contributed by atoms with Crippen LogP contribution < -0.4 is 9.64 Å². The van der Waals surface area contributed by atoms with Crippen molar-refractivity contribution in [1.29, 1.82) is 0 Å². The minimum absolute atomic E-state index is 0.162. The van der Waals surface area contributed by atoms with Crippen LogP contribution in [0.3, 0.4) is 0 Å². The lowest BCUT2D eigenvalue weighted by Gasteiger charge is -2.34.